The molecule has 0 radical (unpaired) electrons. The first-order chi connectivity index (χ1) is 9.10. The van der Waals surface area contributed by atoms with Gasteiger partial charge in [-0.1, -0.05) is 19.8 Å². The molecule has 0 heterocycles. The van der Waals surface area contributed by atoms with Crippen molar-refractivity contribution in [1.82, 2.24) is 10.6 Å². The summed E-state index contributed by atoms with van der Waals surface area (Å²) in [5.41, 5.74) is 5.73. The lowest BCUT2D eigenvalue weighted by molar-refractivity contribution is -0.132. The number of nitrogens with two attached hydrogens (primary N) is 1. The molecule has 1 aliphatic rings. The summed E-state index contributed by atoms with van der Waals surface area (Å²) in [5, 5.41) is 5.60. The molecule has 19 heavy (non-hydrogen) atoms. The van der Waals surface area contributed by atoms with Gasteiger partial charge < -0.3 is 16.4 Å². The third kappa shape index (κ3) is 4.82. The molecule has 0 spiro atoms. The van der Waals surface area contributed by atoms with E-state index in [4.69, 9.17) is 5.73 Å². The van der Waals surface area contributed by atoms with E-state index < -0.39 is 6.04 Å². The van der Waals surface area contributed by atoms with E-state index >= 15 is 0 Å². The molecule has 110 valence electrons. The van der Waals surface area contributed by atoms with Crippen molar-refractivity contribution in [3.8, 4) is 0 Å². The summed E-state index contributed by atoms with van der Waals surface area (Å²) < 4.78 is 0. The number of hydrogen-bond donors (Lipinski definition) is 3. The van der Waals surface area contributed by atoms with Crippen LogP contribution >= 0.6 is 0 Å². The van der Waals surface area contributed by atoms with Crippen LogP contribution in [0.3, 0.4) is 0 Å². The maximum atomic E-state index is 12.2. The Kier molecular flexibility index (Phi) is 6.84. The second kappa shape index (κ2) is 8.15. The SMILES string of the molecule is CCCNC(=O)C(C)NC(=O)C1CCCCC1CN. The summed E-state index contributed by atoms with van der Waals surface area (Å²) in [5.74, 6) is 0.101. The molecule has 4 N–H and O–H groups in total. The van der Waals surface area contributed by atoms with Crippen LogP contribution in [-0.2, 0) is 9.59 Å². The number of rotatable bonds is 6. The zero-order valence-electron chi connectivity index (χ0n) is 12.1. The number of carbonyl (C=O) groups excluding carboxylic acids is 2. The molecule has 3 atom stereocenters. The smallest absolute Gasteiger partial charge is 0.242 e. The Morgan fingerprint density at radius 3 is 2.63 bits per heavy atom. The third-order valence-electron chi connectivity index (χ3n) is 3.85. The molecule has 0 bridgehead atoms. The van der Waals surface area contributed by atoms with E-state index in [9.17, 15) is 9.59 Å². The van der Waals surface area contributed by atoms with Gasteiger partial charge in [-0.15, -0.1) is 0 Å². The quantitative estimate of drug-likeness (QED) is 0.666. The molecule has 1 aliphatic carbocycles. The number of nitrogens with one attached hydrogen (secondary N) is 2. The Bertz CT molecular complexity index is 307. The van der Waals surface area contributed by atoms with E-state index in [1.807, 2.05) is 6.92 Å². The normalized spacial score (nSPS) is 24.6. The summed E-state index contributed by atoms with van der Waals surface area (Å²) >= 11 is 0. The van der Waals surface area contributed by atoms with Crippen LogP contribution < -0.4 is 16.4 Å². The van der Waals surface area contributed by atoms with Gasteiger partial charge >= 0.3 is 0 Å². The minimum Gasteiger partial charge on any atom is -0.354 e. The standard InChI is InChI=1S/C14H27N3O2/c1-3-8-16-13(18)10(2)17-14(19)12-7-5-4-6-11(12)9-15/h10-12H,3-9,15H2,1-2H3,(H,16,18)(H,17,19). The second-order valence-corrected chi connectivity index (χ2v) is 5.41. The minimum absolute atomic E-state index is 0.0192. The van der Waals surface area contributed by atoms with E-state index in [-0.39, 0.29) is 23.7 Å². The maximum Gasteiger partial charge on any atom is 0.242 e. The highest BCUT2D eigenvalue weighted by molar-refractivity contribution is 5.88. The zero-order valence-corrected chi connectivity index (χ0v) is 12.1. The fourth-order valence-corrected chi connectivity index (χ4v) is 2.62. The molecule has 3 unspecified atom stereocenters. The van der Waals surface area contributed by atoms with E-state index in [1.165, 1.54) is 0 Å². The number of hydrogen-bond acceptors (Lipinski definition) is 3. The van der Waals surface area contributed by atoms with Crippen LogP contribution in [0.15, 0.2) is 0 Å². The van der Waals surface area contributed by atoms with Crippen molar-refractivity contribution >= 4 is 11.8 Å². The van der Waals surface area contributed by atoms with E-state index in [1.54, 1.807) is 6.92 Å². The molecular formula is C14H27N3O2. The highest BCUT2D eigenvalue weighted by Gasteiger charge is 2.31. The van der Waals surface area contributed by atoms with Gasteiger partial charge in [0.1, 0.15) is 6.04 Å². The molecule has 0 aliphatic heterocycles. The van der Waals surface area contributed by atoms with Gasteiger partial charge in [-0.3, -0.25) is 9.59 Å². The minimum atomic E-state index is -0.473. The number of amides is 2. The Hall–Kier alpha value is -1.10. The van der Waals surface area contributed by atoms with Crippen molar-refractivity contribution in [3.05, 3.63) is 0 Å². The van der Waals surface area contributed by atoms with Gasteiger partial charge in [-0.05, 0) is 38.6 Å². The van der Waals surface area contributed by atoms with Gasteiger partial charge in [-0.25, -0.2) is 0 Å². The molecule has 2 amide bonds. The first-order valence-corrected chi connectivity index (χ1v) is 7.38. The largest absolute Gasteiger partial charge is 0.354 e. The van der Waals surface area contributed by atoms with Gasteiger partial charge in [0.2, 0.25) is 11.8 Å². The van der Waals surface area contributed by atoms with Crippen LogP contribution in [0.2, 0.25) is 0 Å². The summed E-state index contributed by atoms with van der Waals surface area (Å²) in [4.78, 5) is 23.9. The fourth-order valence-electron chi connectivity index (χ4n) is 2.62. The highest BCUT2D eigenvalue weighted by atomic mass is 16.2. The zero-order chi connectivity index (χ0) is 14.3. The van der Waals surface area contributed by atoms with Gasteiger partial charge in [-0.2, -0.15) is 0 Å². The Labute approximate surface area is 115 Å². The third-order valence-corrected chi connectivity index (χ3v) is 3.85. The van der Waals surface area contributed by atoms with Crippen molar-refractivity contribution in [2.75, 3.05) is 13.1 Å². The van der Waals surface area contributed by atoms with Crippen molar-refractivity contribution in [2.24, 2.45) is 17.6 Å². The van der Waals surface area contributed by atoms with Crippen molar-refractivity contribution in [2.45, 2.75) is 52.0 Å². The lowest BCUT2D eigenvalue weighted by Crippen LogP contribution is -2.49. The van der Waals surface area contributed by atoms with Crippen LogP contribution in [0, 0.1) is 11.8 Å². The molecule has 0 saturated heterocycles. The molecule has 5 nitrogen and oxygen atoms in total. The van der Waals surface area contributed by atoms with Crippen LogP contribution in [-0.4, -0.2) is 30.9 Å². The second-order valence-electron chi connectivity index (χ2n) is 5.41. The topological polar surface area (TPSA) is 84.2 Å². The van der Waals surface area contributed by atoms with Crippen molar-refractivity contribution < 1.29 is 9.59 Å². The first-order valence-electron chi connectivity index (χ1n) is 7.38. The summed E-state index contributed by atoms with van der Waals surface area (Å²) in [6.07, 6.45) is 5.02. The van der Waals surface area contributed by atoms with Gasteiger partial charge in [0.05, 0.1) is 0 Å². The molecule has 1 saturated carbocycles. The Morgan fingerprint density at radius 2 is 2.00 bits per heavy atom. The Morgan fingerprint density at radius 1 is 1.32 bits per heavy atom. The van der Waals surface area contributed by atoms with Gasteiger partial charge in [0, 0.05) is 12.5 Å². The van der Waals surface area contributed by atoms with Crippen LogP contribution in [0.25, 0.3) is 0 Å². The fraction of sp³-hybridized carbons (Fsp3) is 0.857. The molecule has 5 heteroatoms. The molecule has 0 aromatic heterocycles. The summed E-state index contributed by atoms with van der Waals surface area (Å²) in [7, 11) is 0. The monoisotopic (exact) mass is 269 g/mol. The maximum absolute atomic E-state index is 12.2. The summed E-state index contributed by atoms with van der Waals surface area (Å²) in [6, 6.07) is -0.473. The lowest BCUT2D eigenvalue weighted by Gasteiger charge is -2.30. The highest BCUT2D eigenvalue weighted by Crippen LogP contribution is 2.29. The molecule has 0 aromatic rings. The predicted octanol–water partition coefficient (Wildman–Crippen LogP) is 0.782. The molecule has 0 aromatic carbocycles. The van der Waals surface area contributed by atoms with Crippen molar-refractivity contribution in [3.63, 3.8) is 0 Å². The summed E-state index contributed by atoms with van der Waals surface area (Å²) in [6.45, 7) is 4.92. The van der Waals surface area contributed by atoms with Crippen LogP contribution in [0.4, 0.5) is 0 Å². The number of carbonyl (C=O) groups is 2. The molecule has 1 fully saturated rings. The van der Waals surface area contributed by atoms with Crippen LogP contribution in [0.1, 0.15) is 46.0 Å². The van der Waals surface area contributed by atoms with Gasteiger partial charge in [0.25, 0.3) is 0 Å². The van der Waals surface area contributed by atoms with Crippen molar-refractivity contribution in [1.29, 1.82) is 0 Å². The average molecular weight is 269 g/mol. The predicted molar refractivity (Wildman–Crippen MR) is 75.4 cm³/mol. The molecular weight excluding hydrogens is 242 g/mol. The van der Waals surface area contributed by atoms with E-state index in [0.29, 0.717) is 13.1 Å². The average Bonchev–Trinajstić information content (AvgIpc) is 2.44. The van der Waals surface area contributed by atoms with Crippen LogP contribution in [0.5, 0.6) is 0 Å². The Balaban J connectivity index is 2.46. The molecule has 1 rings (SSSR count). The van der Waals surface area contributed by atoms with Gasteiger partial charge in [0.15, 0.2) is 0 Å². The first kappa shape index (κ1) is 16.0. The van der Waals surface area contributed by atoms with E-state index in [2.05, 4.69) is 10.6 Å². The van der Waals surface area contributed by atoms with E-state index in [0.717, 1.165) is 32.1 Å². The lowest BCUT2D eigenvalue weighted by atomic mass is 9.78.